The Labute approximate surface area is 134 Å². The number of nitrogens with zero attached hydrogens (tertiary/aromatic N) is 3. The molecule has 1 aromatic carbocycles. The highest BCUT2D eigenvalue weighted by Gasteiger charge is 2.13. The Hall–Kier alpha value is -2.02. The molecule has 2 rings (SSSR count). The number of carbonyl (C=O) groups excluding carboxylic acids is 1. The summed E-state index contributed by atoms with van der Waals surface area (Å²) in [6.07, 6.45) is 0. The smallest absolute Gasteiger partial charge is 0.230 e. The highest BCUT2D eigenvalue weighted by molar-refractivity contribution is 7.99. The molecule has 22 heavy (non-hydrogen) atoms. The number of hydrogen-bond donors (Lipinski definition) is 1. The Bertz CT molecular complexity index is 642. The highest BCUT2D eigenvalue weighted by atomic mass is 32.2. The average molecular weight is 320 g/mol. The predicted molar refractivity (Wildman–Crippen MR) is 86.0 cm³/mol. The molecule has 0 fully saturated rings. The van der Waals surface area contributed by atoms with Crippen LogP contribution in [0.2, 0.25) is 0 Å². The third-order valence-corrected chi connectivity index (χ3v) is 4.05. The standard InChI is InChI=1S/C15H20N4O2S/c1-4-19-13(9-21-12-7-5-6-11(2)8-12)17-18-15(19)22-10-14(20)16-3/h5-8H,4,9-10H2,1-3H3,(H,16,20). The number of amides is 1. The summed E-state index contributed by atoms with van der Waals surface area (Å²) in [6, 6.07) is 7.88. The van der Waals surface area contributed by atoms with E-state index in [1.54, 1.807) is 7.05 Å². The molecule has 0 aliphatic heterocycles. The quantitative estimate of drug-likeness (QED) is 0.791. The first-order chi connectivity index (χ1) is 10.6. The van der Waals surface area contributed by atoms with Gasteiger partial charge in [-0.15, -0.1) is 10.2 Å². The SMILES string of the molecule is CCn1c(COc2cccc(C)c2)nnc1SCC(=O)NC. The number of rotatable bonds is 7. The first kappa shape index (κ1) is 16.4. The van der Waals surface area contributed by atoms with Crippen LogP contribution in [0, 0.1) is 6.92 Å². The van der Waals surface area contributed by atoms with Gasteiger partial charge in [0.2, 0.25) is 5.91 Å². The van der Waals surface area contributed by atoms with Crippen LogP contribution in [-0.2, 0) is 17.9 Å². The molecule has 0 saturated heterocycles. The highest BCUT2D eigenvalue weighted by Crippen LogP contribution is 2.19. The minimum atomic E-state index is -0.0341. The Balaban J connectivity index is 2.02. The molecule has 7 heteroatoms. The van der Waals surface area contributed by atoms with E-state index in [9.17, 15) is 4.79 Å². The third kappa shape index (κ3) is 4.24. The van der Waals surface area contributed by atoms with E-state index >= 15 is 0 Å². The van der Waals surface area contributed by atoms with E-state index in [1.807, 2.05) is 42.7 Å². The van der Waals surface area contributed by atoms with Crippen molar-refractivity contribution in [1.82, 2.24) is 20.1 Å². The zero-order chi connectivity index (χ0) is 15.9. The van der Waals surface area contributed by atoms with Gasteiger partial charge < -0.3 is 14.6 Å². The second-order valence-corrected chi connectivity index (χ2v) is 5.65. The Kier molecular flexibility index (Phi) is 5.83. The fourth-order valence-corrected chi connectivity index (χ4v) is 2.80. The lowest BCUT2D eigenvalue weighted by atomic mass is 10.2. The van der Waals surface area contributed by atoms with Gasteiger partial charge in [-0.1, -0.05) is 23.9 Å². The number of aryl methyl sites for hydroxylation is 1. The molecule has 1 aromatic heterocycles. The minimum Gasteiger partial charge on any atom is -0.486 e. The number of nitrogens with one attached hydrogen (secondary N) is 1. The topological polar surface area (TPSA) is 69.0 Å². The molecule has 118 valence electrons. The summed E-state index contributed by atoms with van der Waals surface area (Å²) in [7, 11) is 1.62. The number of thioether (sulfide) groups is 1. The van der Waals surface area contributed by atoms with Crippen molar-refractivity contribution in [2.24, 2.45) is 0 Å². The number of ether oxygens (including phenoxy) is 1. The van der Waals surface area contributed by atoms with E-state index < -0.39 is 0 Å². The van der Waals surface area contributed by atoms with Crippen LogP contribution < -0.4 is 10.1 Å². The maximum Gasteiger partial charge on any atom is 0.230 e. The van der Waals surface area contributed by atoms with Crippen LogP contribution in [0.5, 0.6) is 5.75 Å². The van der Waals surface area contributed by atoms with Gasteiger partial charge >= 0.3 is 0 Å². The molecule has 0 aliphatic rings. The number of hydrogen-bond acceptors (Lipinski definition) is 5. The third-order valence-electron chi connectivity index (χ3n) is 3.08. The molecule has 0 atom stereocenters. The van der Waals surface area contributed by atoms with Crippen molar-refractivity contribution in [2.45, 2.75) is 32.2 Å². The second kappa shape index (κ2) is 7.84. The van der Waals surface area contributed by atoms with Crippen molar-refractivity contribution in [3.05, 3.63) is 35.7 Å². The van der Waals surface area contributed by atoms with E-state index in [0.717, 1.165) is 28.8 Å². The van der Waals surface area contributed by atoms with E-state index in [2.05, 4.69) is 15.5 Å². The molecule has 0 spiro atoms. The zero-order valence-electron chi connectivity index (χ0n) is 13.0. The van der Waals surface area contributed by atoms with Crippen molar-refractivity contribution in [3.8, 4) is 5.75 Å². The summed E-state index contributed by atoms with van der Waals surface area (Å²) < 4.78 is 7.73. The summed E-state index contributed by atoms with van der Waals surface area (Å²) in [5.74, 6) is 1.86. The van der Waals surface area contributed by atoms with Gasteiger partial charge in [-0.05, 0) is 31.5 Å². The van der Waals surface area contributed by atoms with Crippen molar-refractivity contribution in [3.63, 3.8) is 0 Å². The predicted octanol–water partition coefficient (Wildman–Crippen LogP) is 2.02. The van der Waals surface area contributed by atoms with E-state index in [-0.39, 0.29) is 5.91 Å². The van der Waals surface area contributed by atoms with Gasteiger partial charge in [0.05, 0.1) is 5.75 Å². The van der Waals surface area contributed by atoms with Crippen molar-refractivity contribution in [2.75, 3.05) is 12.8 Å². The summed E-state index contributed by atoms with van der Waals surface area (Å²) >= 11 is 1.37. The fourth-order valence-electron chi connectivity index (χ4n) is 1.91. The van der Waals surface area contributed by atoms with Gasteiger partial charge in [0, 0.05) is 13.6 Å². The molecule has 0 aliphatic carbocycles. The van der Waals surface area contributed by atoms with Gasteiger partial charge in [-0.2, -0.15) is 0 Å². The van der Waals surface area contributed by atoms with Gasteiger partial charge in [-0.3, -0.25) is 4.79 Å². The molecule has 0 radical (unpaired) electrons. The molecule has 1 amide bonds. The van der Waals surface area contributed by atoms with Gasteiger partial charge in [0.25, 0.3) is 0 Å². The van der Waals surface area contributed by atoms with E-state index in [1.165, 1.54) is 11.8 Å². The molecular formula is C15H20N4O2S. The summed E-state index contributed by atoms with van der Waals surface area (Å²) in [6.45, 7) is 5.12. The van der Waals surface area contributed by atoms with Crippen molar-refractivity contribution >= 4 is 17.7 Å². The summed E-state index contributed by atoms with van der Waals surface area (Å²) in [5, 5.41) is 11.6. The number of carbonyl (C=O) groups is 1. The van der Waals surface area contributed by atoms with Crippen LogP contribution in [0.1, 0.15) is 18.3 Å². The molecule has 2 aromatic rings. The molecule has 0 saturated carbocycles. The number of benzene rings is 1. The van der Waals surface area contributed by atoms with Gasteiger partial charge in [-0.25, -0.2) is 0 Å². The normalized spacial score (nSPS) is 10.5. The molecule has 1 N–H and O–H groups in total. The fraction of sp³-hybridized carbons (Fsp3) is 0.400. The van der Waals surface area contributed by atoms with Crippen LogP contribution in [0.3, 0.4) is 0 Å². The molecule has 0 bridgehead atoms. The maximum atomic E-state index is 11.3. The van der Waals surface area contributed by atoms with E-state index in [0.29, 0.717) is 12.4 Å². The Morgan fingerprint density at radius 3 is 2.91 bits per heavy atom. The van der Waals surface area contributed by atoms with Gasteiger partial charge in [0.15, 0.2) is 11.0 Å². The van der Waals surface area contributed by atoms with Crippen LogP contribution in [-0.4, -0.2) is 33.5 Å². The average Bonchev–Trinajstić information content (AvgIpc) is 2.92. The van der Waals surface area contributed by atoms with Crippen molar-refractivity contribution < 1.29 is 9.53 Å². The Morgan fingerprint density at radius 1 is 1.41 bits per heavy atom. The lowest BCUT2D eigenvalue weighted by molar-refractivity contribution is -0.118. The lowest BCUT2D eigenvalue weighted by Gasteiger charge is -2.09. The first-order valence-corrected chi connectivity index (χ1v) is 8.07. The van der Waals surface area contributed by atoms with Gasteiger partial charge in [0.1, 0.15) is 12.4 Å². The van der Waals surface area contributed by atoms with Crippen LogP contribution in [0.25, 0.3) is 0 Å². The minimum absolute atomic E-state index is 0.0341. The maximum absolute atomic E-state index is 11.3. The monoisotopic (exact) mass is 320 g/mol. The van der Waals surface area contributed by atoms with Crippen LogP contribution >= 0.6 is 11.8 Å². The van der Waals surface area contributed by atoms with E-state index in [4.69, 9.17) is 4.74 Å². The summed E-state index contributed by atoms with van der Waals surface area (Å²) in [5.41, 5.74) is 1.15. The Morgan fingerprint density at radius 2 is 2.23 bits per heavy atom. The van der Waals surface area contributed by atoms with Crippen LogP contribution in [0.4, 0.5) is 0 Å². The second-order valence-electron chi connectivity index (χ2n) is 4.71. The molecule has 6 nitrogen and oxygen atoms in total. The zero-order valence-corrected chi connectivity index (χ0v) is 13.8. The van der Waals surface area contributed by atoms with Crippen molar-refractivity contribution in [1.29, 1.82) is 0 Å². The molecular weight excluding hydrogens is 300 g/mol. The lowest BCUT2D eigenvalue weighted by Crippen LogP contribution is -2.20. The largest absolute Gasteiger partial charge is 0.486 e. The number of aromatic nitrogens is 3. The van der Waals surface area contributed by atoms with Crippen LogP contribution in [0.15, 0.2) is 29.4 Å². The molecule has 0 unspecified atom stereocenters. The molecule has 1 heterocycles. The first-order valence-electron chi connectivity index (χ1n) is 7.09. The summed E-state index contributed by atoms with van der Waals surface area (Å²) in [4.78, 5) is 11.3.